The van der Waals surface area contributed by atoms with Crippen molar-refractivity contribution in [3.63, 3.8) is 0 Å². The highest BCUT2D eigenvalue weighted by atomic mass is 16.5. The summed E-state index contributed by atoms with van der Waals surface area (Å²) in [5, 5.41) is 5.20. The average Bonchev–Trinajstić information content (AvgIpc) is 2.67. The van der Waals surface area contributed by atoms with Crippen molar-refractivity contribution < 1.29 is 23.9 Å². The van der Waals surface area contributed by atoms with Gasteiger partial charge in [-0.2, -0.15) is 0 Å². The monoisotopic (exact) mass is 384 g/mol. The van der Waals surface area contributed by atoms with E-state index in [-0.39, 0.29) is 18.0 Å². The predicted molar refractivity (Wildman–Crippen MR) is 106 cm³/mol. The van der Waals surface area contributed by atoms with Gasteiger partial charge in [-0.25, -0.2) is 4.79 Å². The van der Waals surface area contributed by atoms with Gasteiger partial charge >= 0.3 is 5.97 Å². The molecular formula is C21H24N2O5. The van der Waals surface area contributed by atoms with Gasteiger partial charge in [0.15, 0.2) is 6.61 Å². The van der Waals surface area contributed by atoms with Crippen LogP contribution in [0.1, 0.15) is 27.0 Å². The number of nitrogens with one attached hydrogen (secondary N) is 2. The summed E-state index contributed by atoms with van der Waals surface area (Å²) in [6.07, 6.45) is 0. The van der Waals surface area contributed by atoms with Gasteiger partial charge in [0.25, 0.3) is 5.91 Å². The van der Waals surface area contributed by atoms with Crippen molar-refractivity contribution in [1.82, 2.24) is 5.32 Å². The van der Waals surface area contributed by atoms with Gasteiger partial charge in [0, 0.05) is 5.69 Å². The molecule has 7 heteroatoms. The van der Waals surface area contributed by atoms with Gasteiger partial charge in [-0.05, 0) is 44.0 Å². The van der Waals surface area contributed by atoms with Gasteiger partial charge in [0.2, 0.25) is 5.91 Å². The molecule has 2 amide bonds. The number of rotatable bonds is 7. The molecule has 148 valence electrons. The number of aryl methyl sites for hydroxylation is 3. The van der Waals surface area contributed by atoms with Crippen molar-refractivity contribution in [3.8, 4) is 5.75 Å². The van der Waals surface area contributed by atoms with Crippen molar-refractivity contribution in [2.24, 2.45) is 0 Å². The lowest BCUT2D eigenvalue weighted by atomic mass is 10.1. The first-order valence-electron chi connectivity index (χ1n) is 8.76. The second-order valence-electron chi connectivity index (χ2n) is 6.37. The van der Waals surface area contributed by atoms with E-state index in [1.54, 1.807) is 18.2 Å². The van der Waals surface area contributed by atoms with E-state index >= 15 is 0 Å². The molecule has 2 rings (SSSR count). The Morgan fingerprint density at radius 1 is 0.964 bits per heavy atom. The van der Waals surface area contributed by atoms with Gasteiger partial charge < -0.3 is 20.1 Å². The number of para-hydroxylation sites is 1. The van der Waals surface area contributed by atoms with Crippen molar-refractivity contribution in [2.45, 2.75) is 20.8 Å². The zero-order valence-electron chi connectivity index (χ0n) is 16.4. The van der Waals surface area contributed by atoms with Crippen molar-refractivity contribution >= 4 is 23.5 Å². The molecule has 0 radical (unpaired) electrons. The normalized spacial score (nSPS) is 10.1. The largest absolute Gasteiger partial charge is 0.496 e. The molecule has 0 unspecified atom stereocenters. The Labute approximate surface area is 164 Å². The molecule has 0 bridgehead atoms. The third kappa shape index (κ3) is 5.57. The SMILES string of the molecule is COc1ccc(C)cc1C(=O)OCC(=O)NCC(=O)Nc1c(C)cccc1C. The van der Waals surface area contributed by atoms with Crippen LogP contribution < -0.4 is 15.4 Å². The molecule has 0 heterocycles. The lowest BCUT2D eigenvalue weighted by Crippen LogP contribution is -2.35. The maximum absolute atomic E-state index is 12.2. The van der Waals surface area contributed by atoms with Crippen LogP contribution in [-0.2, 0) is 14.3 Å². The van der Waals surface area contributed by atoms with E-state index in [2.05, 4.69) is 10.6 Å². The molecule has 0 aromatic heterocycles. The number of anilines is 1. The van der Waals surface area contributed by atoms with Crippen molar-refractivity contribution in [3.05, 3.63) is 58.7 Å². The lowest BCUT2D eigenvalue weighted by molar-refractivity contribution is -0.126. The van der Waals surface area contributed by atoms with Crippen molar-refractivity contribution in [1.29, 1.82) is 0 Å². The number of esters is 1. The number of benzene rings is 2. The van der Waals surface area contributed by atoms with E-state index in [1.165, 1.54) is 7.11 Å². The van der Waals surface area contributed by atoms with E-state index in [1.807, 2.05) is 39.0 Å². The van der Waals surface area contributed by atoms with E-state index in [0.29, 0.717) is 5.75 Å². The fourth-order valence-corrected chi connectivity index (χ4v) is 2.62. The maximum Gasteiger partial charge on any atom is 0.342 e. The van der Waals surface area contributed by atoms with Crippen LogP contribution in [0.4, 0.5) is 5.69 Å². The average molecular weight is 384 g/mol. The predicted octanol–water partition coefficient (Wildman–Crippen LogP) is 2.53. The Hall–Kier alpha value is -3.35. The first kappa shape index (κ1) is 21.0. The van der Waals surface area contributed by atoms with Gasteiger partial charge in [0.1, 0.15) is 11.3 Å². The first-order chi connectivity index (χ1) is 13.3. The summed E-state index contributed by atoms with van der Waals surface area (Å²) in [5.41, 5.74) is 3.68. The number of hydrogen-bond acceptors (Lipinski definition) is 5. The van der Waals surface area contributed by atoms with Crippen LogP contribution in [0, 0.1) is 20.8 Å². The van der Waals surface area contributed by atoms with Crippen LogP contribution in [0.5, 0.6) is 5.75 Å². The summed E-state index contributed by atoms with van der Waals surface area (Å²) >= 11 is 0. The van der Waals surface area contributed by atoms with Crippen molar-refractivity contribution in [2.75, 3.05) is 25.6 Å². The highest BCUT2D eigenvalue weighted by Gasteiger charge is 2.16. The Morgan fingerprint density at radius 3 is 2.29 bits per heavy atom. The van der Waals surface area contributed by atoms with E-state index in [9.17, 15) is 14.4 Å². The van der Waals surface area contributed by atoms with Gasteiger partial charge in [-0.1, -0.05) is 29.8 Å². The summed E-state index contributed by atoms with van der Waals surface area (Å²) < 4.78 is 10.1. The molecule has 0 aliphatic rings. The molecule has 28 heavy (non-hydrogen) atoms. The van der Waals surface area contributed by atoms with Crippen LogP contribution in [0.2, 0.25) is 0 Å². The summed E-state index contributed by atoms with van der Waals surface area (Å²) in [4.78, 5) is 36.1. The number of carbonyl (C=O) groups excluding carboxylic acids is 3. The number of ether oxygens (including phenoxy) is 2. The molecular weight excluding hydrogens is 360 g/mol. The van der Waals surface area contributed by atoms with Crippen LogP contribution >= 0.6 is 0 Å². The molecule has 0 saturated heterocycles. The highest BCUT2D eigenvalue weighted by molar-refractivity contribution is 5.97. The molecule has 2 aromatic rings. The molecule has 0 saturated carbocycles. The Balaban J connectivity index is 1.83. The molecule has 7 nitrogen and oxygen atoms in total. The molecule has 2 N–H and O–H groups in total. The standard InChI is InChI=1S/C21H24N2O5/c1-13-8-9-17(27-4)16(10-13)21(26)28-12-19(25)22-11-18(24)23-20-14(2)6-5-7-15(20)3/h5-10H,11-12H2,1-4H3,(H,22,25)(H,23,24). The molecule has 0 fully saturated rings. The third-order valence-corrected chi connectivity index (χ3v) is 4.10. The van der Waals surface area contributed by atoms with Crippen LogP contribution in [-0.4, -0.2) is 38.0 Å². The maximum atomic E-state index is 12.2. The fraction of sp³-hybridized carbons (Fsp3) is 0.286. The summed E-state index contributed by atoms with van der Waals surface area (Å²) in [6.45, 7) is 4.89. The fourth-order valence-electron chi connectivity index (χ4n) is 2.62. The summed E-state index contributed by atoms with van der Waals surface area (Å²) in [6, 6.07) is 10.8. The van der Waals surface area contributed by atoms with E-state index in [0.717, 1.165) is 22.4 Å². The summed E-state index contributed by atoms with van der Waals surface area (Å²) in [5.74, 6) is -1.24. The van der Waals surface area contributed by atoms with Gasteiger partial charge in [0.05, 0.1) is 13.7 Å². The Morgan fingerprint density at radius 2 is 1.64 bits per heavy atom. The number of methoxy groups -OCH3 is 1. The second-order valence-corrected chi connectivity index (χ2v) is 6.37. The van der Waals surface area contributed by atoms with Crippen LogP contribution in [0.25, 0.3) is 0 Å². The second kappa shape index (κ2) is 9.55. The topological polar surface area (TPSA) is 93.7 Å². The third-order valence-electron chi connectivity index (χ3n) is 4.10. The van der Waals surface area contributed by atoms with Gasteiger partial charge in [-0.3, -0.25) is 9.59 Å². The molecule has 0 aliphatic heterocycles. The molecule has 0 spiro atoms. The number of hydrogen-bond donors (Lipinski definition) is 2. The minimum absolute atomic E-state index is 0.224. The molecule has 0 atom stereocenters. The lowest BCUT2D eigenvalue weighted by Gasteiger charge is -2.12. The Bertz CT molecular complexity index is 872. The van der Waals surface area contributed by atoms with E-state index in [4.69, 9.17) is 9.47 Å². The minimum Gasteiger partial charge on any atom is -0.496 e. The Kier molecular flexibility index (Phi) is 7.14. The smallest absolute Gasteiger partial charge is 0.342 e. The number of amides is 2. The zero-order valence-corrected chi connectivity index (χ0v) is 16.4. The summed E-state index contributed by atoms with van der Waals surface area (Å²) in [7, 11) is 1.45. The van der Waals surface area contributed by atoms with Gasteiger partial charge in [-0.15, -0.1) is 0 Å². The zero-order chi connectivity index (χ0) is 20.7. The molecule has 2 aromatic carbocycles. The highest BCUT2D eigenvalue weighted by Crippen LogP contribution is 2.20. The van der Waals surface area contributed by atoms with Crippen LogP contribution in [0.15, 0.2) is 36.4 Å². The molecule has 0 aliphatic carbocycles. The van der Waals surface area contributed by atoms with E-state index < -0.39 is 18.5 Å². The van der Waals surface area contributed by atoms with Crippen LogP contribution in [0.3, 0.4) is 0 Å². The minimum atomic E-state index is -0.671. The number of carbonyl (C=O) groups is 3. The quantitative estimate of drug-likeness (QED) is 0.716. The first-order valence-corrected chi connectivity index (χ1v) is 8.76.